The number of hydrogen-bond donors (Lipinski definition) is 0. The highest BCUT2D eigenvalue weighted by Gasteiger charge is 2.28. The van der Waals surface area contributed by atoms with Crippen molar-refractivity contribution in [3.63, 3.8) is 0 Å². The van der Waals surface area contributed by atoms with Crippen molar-refractivity contribution >= 4 is 11.6 Å². The summed E-state index contributed by atoms with van der Waals surface area (Å²) in [5.41, 5.74) is 0.983. The van der Waals surface area contributed by atoms with E-state index >= 15 is 0 Å². The van der Waals surface area contributed by atoms with Crippen LogP contribution in [0.3, 0.4) is 0 Å². The summed E-state index contributed by atoms with van der Waals surface area (Å²) in [5, 5.41) is 0.452. The van der Waals surface area contributed by atoms with Gasteiger partial charge in [-0.2, -0.15) is 0 Å². The van der Waals surface area contributed by atoms with Crippen molar-refractivity contribution in [1.82, 2.24) is 19.8 Å². The lowest BCUT2D eigenvalue weighted by atomic mass is 10.1. The van der Waals surface area contributed by atoms with Crippen molar-refractivity contribution in [1.29, 1.82) is 0 Å². The number of nitrogens with zero attached hydrogens (tertiary/aromatic N) is 4. The lowest BCUT2D eigenvalue weighted by molar-refractivity contribution is 0.0563. The standard InChI is InChI=1S/C10H15ClN4/c1-14(2)9-6-15(7-9)5-8-3-13-10(11)4-12-8/h3-4,9H,5-7H2,1-2H3. The van der Waals surface area contributed by atoms with Crippen molar-refractivity contribution in [2.75, 3.05) is 27.2 Å². The topological polar surface area (TPSA) is 32.3 Å². The molecular weight excluding hydrogens is 212 g/mol. The average molecular weight is 227 g/mol. The lowest BCUT2D eigenvalue weighted by Gasteiger charge is -2.42. The molecule has 0 saturated carbocycles. The molecule has 0 aliphatic carbocycles. The number of likely N-dealkylation sites (tertiary alicyclic amines) is 1. The van der Waals surface area contributed by atoms with Gasteiger partial charge in [-0.05, 0) is 14.1 Å². The number of halogens is 1. The molecule has 82 valence electrons. The first kappa shape index (κ1) is 10.8. The average Bonchev–Trinajstić information content (AvgIpc) is 2.13. The first-order valence-electron chi connectivity index (χ1n) is 5.00. The summed E-state index contributed by atoms with van der Waals surface area (Å²) in [5.74, 6) is 0. The van der Waals surface area contributed by atoms with E-state index < -0.39 is 0 Å². The van der Waals surface area contributed by atoms with E-state index in [1.54, 1.807) is 12.4 Å². The Morgan fingerprint density at radius 3 is 2.67 bits per heavy atom. The van der Waals surface area contributed by atoms with Crippen molar-refractivity contribution < 1.29 is 0 Å². The number of rotatable bonds is 3. The maximum absolute atomic E-state index is 5.67. The van der Waals surface area contributed by atoms with Gasteiger partial charge in [0.15, 0.2) is 0 Å². The largest absolute Gasteiger partial charge is 0.304 e. The van der Waals surface area contributed by atoms with E-state index in [1.165, 1.54) is 0 Å². The molecule has 0 amide bonds. The number of hydrogen-bond acceptors (Lipinski definition) is 4. The van der Waals surface area contributed by atoms with Crippen LogP contribution >= 0.6 is 11.6 Å². The van der Waals surface area contributed by atoms with Crippen LogP contribution in [0.25, 0.3) is 0 Å². The lowest BCUT2D eigenvalue weighted by Crippen LogP contribution is -2.56. The Kier molecular flexibility index (Phi) is 3.19. The number of likely N-dealkylation sites (N-methyl/N-ethyl adjacent to an activating group) is 1. The minimum absolute atomic E-state index is 0.452. The van der Waals surface area contributed by atoms with E-state index in [1.807, 2.05) is 0 Å². The minimum atomic E-state index is 0.452. The molecule has 15 heavy (non-hydrogen) atoms. The summed E-state index contributed by atoms with van der Waals surface area (Å²) in [6.07, 6.45) is 3.34. The van der Waals surface area contributed by atoms with Crippen LogP contribution in [0, 0.1) is 0 Å². The zero-order chi connectivity index (χ0) is 10.8. The maximum Gasteiger partial charge on any atom is 0.147 e. The molecule has 5 heteroatoms. The summed E-state index contributed by atoms with van der Waals surface area (Å²) >= 11 is 5.67. The normalized spacial score (nSPS) is 18.1. The Morgan fingerprint density at radius 2 is 2.13 bits per heavy atom. The van der Waals surface area contributed by atoms with Gasteiger partial charge in [0.25, 0.3) is 0 Å². The van der Waals surface area contributed by atoms with Gasteiger partial charge in [0.2, 0.25) is 0 Å². The zero-order valence-electron chi connectivity index (χ0n) is 9.02. The highest BCUT2D eigenvalue weighted by Crippen LogP contribution is 2.15. The van der Waals surface area contributed by atoms with Crippen LogP contribution in [-0.2, 0) is 6.54 Å². The SMILES string of the molecule is CN(C)C1CN(Cc2cnc(Cl)cn2)C1. The molecule has 1 aliphatic rings. The highest BCUT2D eigenvalue weighted by molar-refractivity contribution is 6.29. The monoisotopic (exact) mass is 226 g/mol. The van der Waals surface area contributed by atoms with Gasteiger partial charge in [0.05, 0.1) is 18.1 Å². The van der Waals surface area contributed by atoms with E-state index in [4.69, 9.17) is 11.6 Å². The maximum atomic E-state index is 5.67. The fourth-order valence-electron chi connectivity index (χ4n) is 1.65. The van der Waals surface area contributed by atoms with E-state index in [0.29, 0.717) is 11.2 Å². The molecule has 2 heterocycles. The van der Waals surface area contributed by atoms with Gasteiger partial charge in [-0.1, -0.05) is 11.6 Å². The predicted molar refractivity (Wildman–Crippen MR) is 59.8 cm³/mol. The van der Waals surface area contributed by atoms with Crippen LogP contribution in [-0.4, -0.2) is 53.0 Å². The number of aromatic nitrogens is 2. The van der Waals surface area contributed by atoms with Crippen LogP contribution in [0.15, 0.2) is 12.4 Å². The molecule has 0 atom stereocenters. The second-order valence-electron chi connectivity index (χ2n) is 4.14. The molecular formula is C10H15ClN4. The van der Waals surface area contributed by atoms with Gasteiger partial charge < -0.3 is 4.90 Å². The zero-order valence-corrected chi connectivity index (χ0v) is 9.78. The summed E-state index contributed by atoms with van der Waals surface area (Å²) in [6, 6.07) is 0.685. The first-order valence-corrected chi connectivity index (χ1v) is 5.38. The molecule has 1 aromatic rings. The van der Waals surface area contributed by atoms with Crippen molar-refractivity contribution in [3.05, 3.63) is 23.2 Å². The third-order valence-corrected chi connectivity index (χ3v) is 2.92. The van der Waals surface area contributed by atoms with Crippen LogP contribution in [0.2, 0.25) is 5.15 Å². The van der Waals surface area contributed by atoms with E-state index in [2.05, 4.69) is 33.9 Å². The van der Waals surface area contributed by atoms with E-state index in [9.17, 15) is 0 Å². The van der Waals surface area contributed by atoms with Gasteiger partial charge in [0, 0.05) is 25.7 Å². The van der Waals surface area contributed by atoms with Gasteiger partial charge in [-0.25, -0.2) is 4.98 Å². The third-order valence-electron chi connectivity index (χ3n) is 2.73. The predicted octanol–water partition coefficient (Wildman–Crippen LogP) is 0.876. The highest BCUT2D eigenvalue weighted by atomic mass is 35.5. The van der Waals surface area contributed by atoms with Gasteiger partial charge in [-0.3, -0.25) is 9.88 Å². The molecule has 1 fully saturated rings. The fraction of sp³-hybridized carbons (Fsp3) is 0.600. The summed E-state index contributed by atoms with van der Waals surface area (Å²) in [6.45, 7) is 3.09. The molecule has 0 spiro atoms. The molecule has 0 N–H and O–H groups in total. The van der Waals surface area contributed by atoms with E-state index in [-0.39, 0.29) is 0 Å². The Hall–Kier alpha value is -0.710. The van der Waals surface area contributed by atoms with Crippen LogP contribution < -0.4 is 0 Å². The van der Waals surface area contributed by atoms with Crippen molar-refractivity contribution in [3.8, 4) is 0 Å². The Balaban J connectivity index is 1.82. The Labute approximate surface area is 94.9 Å². The second-order valence-corrected chi connectivity index (χ2v) is 4.53. The van der Waals surface area contributed by atoms with Crippen LogP contribution in [0.1, 0.15) is 5.69 Å². The molecule has 1 saturated heterocycles. The molecule has 0 aromatic carbocycles. The quantitative estimate of drug-likeness (QED) is 0.766. The molecule has 0 unspecified atom stereocenters. The minimum Gasteiger partial charge on any atom is -0.304 e. The van der Waals surface area contributed by atoms with Crippen LogP contribution in [0.5, 0.6) is 0 Å². The third kappa shape index (κ3) is 2.65. The van der Waals surface area contributed by atoms with Gasteiger partial charge in [0.1, 0.15) is 5.15 Å². The summed E-state index contributed by atoms with van der Waals surface area (Å²) < 4.78 is 0. The van der Waals surface area contributed by atoms with E-state index in [0.717, 1.165) is 25.3 Å². The first-order chi connectivity index (χ1) is 7.15. The van der Waals surface area contributed by atoms with Crippen molar-refractivity contribution in [2.45, 2.75) is 12.6 Å². The molecule has 0 radical (unpaired) electrons. The summed E-state index contributed by atoms with van der Waals surface area (Å²) in [7, 11) is 4.23. The smallest absolute Gasteiger partial charge is 0.147 e. The Bertz CT molecular complexity index is 319. The van der Waals surface area contributed by atoms with Gasteiger partial charge >= 0.3 is 0 Å². The second kappa shape index (κ2) is 4.43. The van der Waals surface area contributed by atoms with Crippen LogP contribution in [0.4, 0.5) is 0 Å². The Morgan fingerprint density at radius 1 is 1.40 bits per heavy atom. The van der Waals surface area contributed by atoms with Crippen molar-refractivity contribution in [2.24, 2.45) is 0 Å². The van der Waals surface area contributed by atoms with Gasteiger partial charge in [-0.15, -0.1) is 0 Å². The summed E-state index contributed by atoms with van der Waals surface area (Å²) in [4.78, 5) is 12.8. The fourth-order valence-corrected chi connectivity index (χ4v) is 1.75. The molecule has 1 aromatic heterocycles. The molecule has 0 bridgehead atoms. The molecule has 4 nitrogen and oxygen atoms in total. The molecule has 2 rings (SSSR count). The molecule has 1 aliphatic heterocycles.